The summed E-state index contributed by atoms with van der Waals surface area (Å²) in [5, 5.41) is 13.7. The molecule has 0 aliphatic heterocycles. The van der Waals surface area contributed by atoms with Crippen molar-refractivity contribution in [3.8, 4) is 0 Å². The number of benzene rings is 1. The SMILES string of the molecule is CC(NC(=O)Cc1cccc(F)c1)/C(N)=N/O. The Morgan fingerprint density at radius 1 is 1.65 bits per heavy atom. The molecule has 1 aromatic rings. The van der Waals surface area contributed by atoms with Crippen LogP contribution in [0.4, 0.5) is 4.39 Å². The quantitative estimate of drug-likeness (QED) is 0.311. The van der Waals surface area contributed by atoms with Gasteiger partial charge >= 0.3 is 0 Å². The van der Waals surface area contributed by atoms with Crippen LogP contribution < -0.4 is 11.1 Å². The van der Waals surface area contributed by atoms with Crippen LogP contribution in [0.2, 0.25) is 0 Å². The minimum atomic E-state index is -0.568. The lowest BCUT2D eigenvalue weighted by atomic mass is 10.1. The molecule has 17 heavy (non-hydrogen) atoms. The zero-order valence-electron chi connectivity index (χ0n) is 9.35. The number of oxime groups is 1. The number of carbonyl (C=O) groups is 1. The summed E-state index contributed by atoms with van der Waals surface area (Å²) < 4.78 is 12.9. The highest BCUT2D eigenvalue weighted by molar-refractivity contribution is 5.90. The third kappa shape index (κ3) is 4.10. The Morgan fingerprint density at radius 2 is 2.35 bits per heavy atom. The molecule has 0 saturated carbocycles. The second-order valence-corrected chi connectivity index (χ2v) is 3.62. The maximum Gasteiger partial charge on any atom is 0.225 e. The number of hydrogen-bond donors (Lipinski definition) is 3. The van der Waals surface area contributed by atoms with Gasteiger partial charge < -0.3 is 16.3 Å². The van der Waals surface area contributed by atoms with Crippen LogP contribution in [-0.4, -0.2) is 23.0 Å². The van der Waals surface area contributed by atoms with Gasteiger partial charge in [0.2, 0.25) is 5.91 Å². The number of carbonyl (C=O) groups excluding carboxylic acids is 1. The highest BCUT2D eigenvalue weighted by atomic mass is 19.1. The van der Waals surface area contributed by atoms with Gasteiger partial charge in [0.15, 0.2) is 5.84 Å². The number of amides is 1. The van der Waals surface area contributed by atoms with Gasteiger partial charge in [0, 0.05) is 0 Å². The van der Waals surface area contributed by atoms with E-state index in [1.807, 2.05) is 0 Å². The standard InChI is InChI=1S/C11H14FN3O2/c1-7(11(13)15-17)14-10(16)6-8-3-2-4-9(12)5-8/h2-5,7,17H,6H2,1H3,(H2,13,15)(H,14,16). The predicted octanol–water partition coefficient (Wildman–Crippen LogP) is 0.619. The van der Waals surface area contributed by atoms with Crippen molar-refractivity contribution in [2.45, 2.75) is 19.4 Å². The van der Waals surface area contributed by atoms with E-state index >= 15 is 0 Å². The summed E-state index contributed by atoms with van der Waals surface area (Å²) in [6, 6.07) is 5.21. The van der Waals surface area contributed by atoms with Crippen molar-refractivity contribution < 1.29 is 14.4 Å². The van der Waals surface area contributed by atoms with Crippen molar-refractivity contribution in [3.63, 3.8) is 0 Å². The molecule has 4 N–H and O–H groups in total. The van der Waals surface area contributed by atoms with Gasteiger partial charge in [-0.25, -0.2) is 4.39 Å². The highest BCUT2D eigenvalue weighted by Gasteiger charge is 2.11. The molecule has 1 unspecified atom stereocenters. The van der Waals surface area contributed by atoms with Gasteiger partial charge in [-0.2, -0.15) is 0 Å². The lowest BCUT2D eigenvalue weighted by Gasteiger charge is -2.11. The van der Waals surface area contributed by atoms with Gasteiger partial charge in [0.05, 0.1) is 12.5 Å². The molecule has 0 fully saturated rings. The summed E-state index contributed by atoms with van der Waals surface area (Å²) in [6.45, 7) is 1.58. The molecule has 0 spiro atoms. The Bertz CT molecular complexity index is 434. The molecule has 0 radical (unpaired) electrons. The third-order valence-corrected chi connectivity index (χ3v) is 2.19. The summed E-state index contributed by atoms with van der Waals surface area (Å²) in [6.07, 6.45) is 0.0425. The molecule has 0 bridgehead atoms. The molecule has 0 saturated heterocycles. The van der Waals surface area contributed by atoms with Crippen LogP contribution in [0.5, 0.6) is 0 Å². The van der Waals surface area contributed by atoms with Crippen molar-refractivity contribution in [3.05, 3.63) is 35.6 Å². The predicted molar refractivity (Wildman–Crippen MR) is 61.1 cm³/mol. The molecule has 1 amide bonds. The van der Waals surface area contributed by atoms with Crippen LogP contribution in [0.25, 0.3) is 0 Å². The Balaban J connectivity index is 2.56. The van der Waals surface area contributed by atoms with Gasteiger partial charge in [-0.15, -0.1) is 0 Å². The highest BCUT2D eigenvalue weighted by Crippen LogP contribution is 2.04. The molecule has 0 aliphatic carbocycles. The summed E-state index contributed by atoms with van der Waals surface area (Å²) in [4.78, 5) is 11.5. The van der Waals surface area contributed by atoms with Gasteiger partial charge in [-0.05, 0) is 24.6 Å². The topological polar surface area (TPSA) is 87.7 Å². The van der Waals surface area contributed by atoms with E-state index in [-0.39, 0.29) is 24.0 Å². The largest absolute Gasteiger partial charge is 0.409 e. The van der Waals surface area contributed by atoms with Crippen molar-refractivity contribution in [2.75, 3.05) is 0 Å². The molecular formula is C11H14FN3O2. The van der Waals surface area contributed by atoms with Gasteiger partial charge in [0.25, 0.3) is 0 Å². The number of rotatable bonds is 4. The average Bonchev–Trinajstić information content (AvgIpc) is 2.27. The number of amidine groups is 1. The van der Waals surface area contributed by atoms with E-state index in [4.69, 9.17) is 10.9 Å². The van der Waals surface area contributed by atoms with Gasteiger partial charge in [0.1, 0.15) is 5.82 Å². The Kier molecular flexibility index (Phi) is 4.45. The van der Waals surface area contributed by atoms with Crippen LogP contribution in [0.3, 0.4) is 0 Å². The Morgan fingerprint density at radius 3 is 2.94 bits per heavy atom. The fourth-order valence-corrected chi connectivity index (χ4v) is 1.29. The van der Waals surface area contributed by atoms with Crippen LogP contribution >= 0.6 is 0 Å². The molecule has 1 atom stereocenters. The van der Waals surface area contributed by atoms with Crippen molar-refractivity contribution in [2.24, 2.45) is 10.9 Å². The van der Waals surface area contributed by atoms with E-state index in [1.165, 1.54) is 18.2 Å². The van der Waals surface area contributed by atoms with E-state index in [0.29, 0.717) is 5.56 Å². The van der Waals surface area contributed by atoms with Crippen LogP contribution in [-0.2, 0) is 11.2 Å². The molecule has 6 heteroatoms. The molecular weight excluding hydrogens is 225 g/mol. The van der Waals surface area contributed by atoms with E-state index in [9.17, 15) is 9.18 Å². The smallest absolute Gasteiger partial charge is 0.225 e. The van der Waals surface area contributed by atoms with Crippen molar-refractivity contribution in [1.29, 1.82) is 0 Å². The zero-order valence-corrected chi connectivity index (χ0v) is 9.35. The number of halogens is 1. The van der Waals surface area contributed by atoms with Crippen LogP contribution in [0.1, 0.15) is 12.5 Å². The summed E-state index contributed by atoms with van der Waals surface area (Å²) in [5.74, 6) is -0.799. The summed E-state index contributed by atoms with van der Waals surface area (Å²) in [5.41, 5.74) is 5.87. The Hall–Kier alpha value is -2.11. The maximum absolute atomic E-state index is 12.9. The van der Waals surface area contributed by atoms with E-state index in [2.05, 4.69) is 10.5 Å². The molecule has 0 heterocycles. The maximum atomic E-state index is 12.9. The lowest BCUT2D eigenvalue weighted by Crippen LogP contribution is -2.43. The van der Waals surface area contributed by atoms with E-state index in [0.717, 1.165) is 0 Å². The molecule has 5 nitrogen and oxygen atoms in total. The van der Waals surface area contributed by atoms with Crippen molar-refractivity contribution in [1.82, 2.24) is 5.32 Å². The summed E-state index contributed by atoms with van der Waals surface area (Å²) >= 11 is 0. The molecule has 1 aromatic carbocycles. The average molecular weight is 239 g/mol. The van der Waals surface area contributed by atoms with Crippen molar-refractivity contribution >= 4 is 11.7 Å². The Labute approximate surface area is 98.1 Å². The number of nitrogens with two attached hydrogens (primary N) is 1. The van der Waals surface area contributed by atoms with E-state index in [1.54, 1.807) is 13.0 Å². The zero-order chi connectivity index (χ0) is 12.8. The fourth-order valence-electron chi connectivity index (χ4n) is 1.29. The lowest BCUT2D eigenvalue weighted by molar-refractivity contribution is -0.120. The minimum absolute atomic E-state index is 0.0425. The minimum Gasteiger partial charge on any atom is -0.409 e. The van der Waals surface area contributed by atoms with Gasteiger partial charge in [-0.1, -0.05) is 17.3 Å². The summed E-state index contributed by atoms with van der Waals surface area (Å²) in [7, 11) is 0. The van der Waals surface area contributed by atoms with Gasteiger partial charge in [-0.3, -0.25) is 4.79 Å². The number of nitrogens with one attached hydrogen (secondary N) is 1. The van der Waals surface area contributed by atoms with Crippen LogP contribution in [0, 0.1) is 5.82 Å². The normalized spacial score (nSPS) is 13.2. The first-order valence-corrected chi connectivity index (χ1v) is 5.04. The molecule has 92 valence electrons. The first-order chi connectivity index (χ1) is 8.02. The number of hydrogen-bond acceptors (Lipinski definition) is 3. The number of nitrogens with zero attached hydrogens (tertiary/aromatic N) is 1. The first kappa shape index (κ1) is 13.0. The van der Waals surface area contributed by atoms with E-state index < -0.39 is 6.04 Å². The molecule has 0 aliphatic rings. The molecule has 1 rings (SSSR count). The second-order valence-electron chi connectivity index (χ2n) is 3.62. The fraction of sp³-hybridized carbons (Fsp3) is 0.273. The second kappa shape index (κ2) is 5.83. The first-order valence-electron chi connectivity index (χ1n) is 5.04. The van der Waals surface area contributed by atoms with Crippen LogP contribution in [0.15, 0.2) is 29.4 Å². The molecule has 0 aromatic heterocycles. The third-order valence-electron chi connectivity index (χ3n) is 2.19. The monoisotopic (exact) mass is 239 g/mol.